The fraction of sp³-hybridized carbons (Fsp3) is 0.429. The molecule has 2 atom stereocenters. The van der Waals surface area contributed by atoms with Crippen LogP contribution in [0.1, 0.15) is 6.92 Å². The molecule has 2 rings (SSSR count). The molecule has 108 valence electrons. The molecular formula is C14H18N2O4. The van der Waals surface area contributed by atoms with Gasteiger partial charge in [-0.15, -0.1) is 0 Å². The van der Waals surface area contributed by atoms with Crippen molar-refractivity contribution in [2.24, 2.45) is 11.8 Å². The lowest BCUT2D eigenvalue weighted by Gasteiger charge is -2.17. The lowest BCUT2D eigenvalue weighted by molar-refractivity contribution is -0.142. The van der Waals surface area contributed by atoms with E-state index in [1.165, 1.54) is 4.90 Å². The SMILES string of the molecule is COc1cccc(NC(=O)N2CC(C)C(C(=O)O)C2)c1. The zero-order valence-electron chi connectivity index (χ0n) is 11.5. The van der Waals surface area contributed by atoms with Gasteiger partial charge < -0.3 is 20.1 Å². The van der Waals surface area contributed by atoms with E-state index in [-0.39, 0.29) is 18.5 Å². The van der Waals surface area contributed by atoms with E-state index in [0.717, 1.165) is 0 Å². The Bertz CT molecular complexity index is 518. The molecule has 1 aromatic carbocycles. The lowest BCUT2D eigenvalue weighted by Crippen LogP contribution is -2.33. The second-order valence-corrected chi connectivity index (χ2v) is 4.99. The van der Waals surface area contributed by atoms with Crippen LogP contribution in [0.4, 0.5) is 10.5 Å². The van der Waals surface area contributed by atoms with Gasteiger partial charge in [0.1, 0.15) is 5.75 Å². The molecule has 0 aliphatic carbocycles. The minimum atomic E-state index is -0.853. The van der Waals surface area contributed by atoms with Crippen molar-refractivity contribution in [1.82, 2.24) is 4.90 Å². The lowest BCUT2D eigenvalue weighted by atomic mass is 9.99. The number of carboxylic acid groups (broad SMARTS) is 1. The highest BCUT2D eigenvalue weighted by atomic mass is 16.5. The number of hydrogen-bond acceptors (Lipinski definition) is 3. The number of aliphatic carboxylic acids is 1. The number of amides is 2. The molecule has 1 fully saturated rings. The third kappa shape index (κ3) is 3.01. The first-order chi connectivity index (χ1) is 9.51. The topological polar surface area (TPSA) is 78.9 Å². The second kappa shape index (κ2) is 5.81. The third-order valence-corrected chi connectivity index (χ3v) is 3.54. The third-order valence-electron chi connectivity index (χ3n) is 3.54. The molecule has 0 aromatic heterocycles. The van der Waals surface area contributed by atoms with Crippen LogP contribution in [0.15, 0.2) is 24.3 Å². The van der Waals surface area contributed by atoms with Crippen LogP contribution in [-0.4, -0.2) is 42.2 Å². The van der Waals surface area contributed by atoms with Crippen LogP contribution in [0.3, 0.4) is 0 Å². The number of benzene rings is 1. The maximum atomic E-state index is 12.1. The predicted octanol–water partition coefficient (Wildman–Crippen LogP) is 1.88. The standard InChI is InChI=1S/C14H18N2O4/c1-9-7-16(8-12(9)13(17)18)14(19)15-10-4-3-5-11(6-10)20-2/h3-6,9,12H,7-8H2,1-2H3,(H,15,19)(H,17,18). The Balaban J connectivity index is 2.00. The zero-order valence-corrected chi connectivity index (χ0v) is 11.5. The summed E-state index contributed by atoms with van der Waals surface area (Å²) in [6.45, 7) is 2.54. The van der Waals surface area contributed by atoms with Crippen molar-refractivity contribution in [1.29, 1.82) is 0 Å². The summed E-state index contributed by atoms with van der Waals surface area (Å²) in [5.74, 6) is -0.732. The number of urea groups is 1. The number of carbonyl (C=O) groups is 2. The van der Waals surface area contributed by atoms with E-state index < -0.39 is 11.9 Å². The predicted molar refractivity (Wildman–Crippen MR) is 73.9 cm³/mol. The fourth-order valence-corrected chi connectivity index (χ4v) is 2.36. The summed E-state index contributed by atoms with van der Waals surface area (Å²) in [7, 11) is 1.56. The number of methoxy groups -OCH3 is 1. The Kier molecular flexibility index (Phi) is 4.12. The number of nitrogens with one attached hydrogen (secondary N) is 1. The first-order valence-corrected chi connectivity index (χ1v) is 6.44. The van der Waals surface area contributed by atoms with Gasteiger partial charge in [-0.1, -0.05) is 13.0 Å². The molecule has 0 bridgehead atoms. The molecule has 1 aliphatic heterocycles. The van der Waals surface area contributed by atoms with Gasteiger partial charge in [-0.3, -0.25) is 4.79 Å². The van der Waals surface area contributed by atoms with Crippen molar-refractivity contribution >= 4 is 17.7 Å². The monoisotopic (exact) mass is 278 g/mol. The number of rotatable bonds is 3. The smallest absolute Gasteiger partial charge is 0.321 e. The van der Waals surface area contributed by atoms with Gasteiger partial charge in [-0.2, -0.15) is 0 Å². The van der Waals surface area contributed by atoms with E-state index in [4.69, 9.17) is 9.84 Å². The highest BCUT2D eigenvalue weighted by Crippen LogP contribution is 2.24. The van der Waals surface area contributed by atoms with Gasteiger partial charge in [-0.05, 0) is 18.1 Å². The average Bonchev–Trinajstić information content (AvgIpc) is 2.81. The molecule has 1 aliphatic rings. The van der Waals surface area contributed by atoms with Gasteiger partial charge in [0, 0.05) is 24.8 Å². The highest BCUT2D eigenvalue weighted by Gasteiger charge is 2.36. The molecule has 1 heterocycles. The van der Waals surface area contributed by atoms with Crippen LogP contribution < -0.4 is 10.1 Å². The Morgan fingerprint density at radius 3 is 2.75 bits per heavy atom. The maximum absolute atomic E-state index is 12.1. The van der Waals surface area contributed by atoms with Crippen molar-refractivity contribution in [2.45, 2.75) is 6.92 Å². The summed E-state index contributed by atoms with van der Waals surface area (Å²) in [5.41, 5.74) is 0.626. The first kappa shape index (κ1) is 14.2. The van der Waals surface area contributed by atoms with E-state index in [0.29, 0.717) is 18.0 Å². The number of anilines is 1. The molecule has 0 spiro atoms. The molecule has 6 nitrogen and oxygen atoms in total. The molecule has 2 unspecified atom stereocenters. The van der Waals surface area contributed by atoms with E-state index in [1.807, 2.05) is 6.92 Å². The number of likely N-dealkylation sites (tertiary alicyclic amines) is 1. The van der Waals surface area contributed by atoms with E-state index in [9.17, 15) is 9.59 Å². The van der Waals surface area contributed by atoms with Gasteiger partial charge in [0.15, 0.2) is 0 Å². The van der Waals surface area contributed by atoms with Crippen LogP contribution in [-0.2, 0) is 4.79 Å². The van der Waals surface area contributed by atoms with Crippen molar-refractivity contribution in [2.75, 3.05) is 25.5 Å². The quantitative estimate of drug-likeness (QED) is 0.884. The van der Waals surface area contributed by atoms with Gasteiger partial charge in [-0.25, -0.2) is 4.79 Å². The minimum Gasteiger partial charge on any atom is -0.497 e. The number of nitrogens with zero attached hydrogens (tertiary/aromatic N) is 1. The largest absolute Gasteiger partial charge is 0.497 e. The summed E-state index contributed by atoms with van der Waals surface area (Å²) in [4.78, 5) is 24.7. The summed E-state index contributed by atoms with van der Waals surface area (Å²) in [5, 5.41) is 11.8. The Hall–Kier alpha value is -2.24. The minimum absolute atomic E-state index is 0.0384. The fourth-order valence-electron chi connectivity index (χ4n) is 2.36. The van der Waals surface area contributed by atoms with Crippen LogP contribution in [0.5, 0.6) is 5.75 Å². The molecule has 2 amide bonds. The van der Waals surface area contributed by atoms with Crippen LogP contribution in [0.2, 0.25) is 0 Å². The average molecular weight is 278 g/mol. The molecule has 6 heteroatoms. The van der Waals surface area contributed by atoms with E-state index in [2.05, 4.69) is 5.32 Å². The number of carboxylic acids is 1. The summed E-state index contributed by atoms with van der Waals surface area (Å²) >= 11 is 0. The zero-order chi connectivity index (χ0) is 14.7. The summed E-state index contributed by atoms with van der Waals surface area (Å²) in [6.07, 6.45) is 0. The van der Waals surface area contributed by atoms with Crippen molar-refractivity contribution in [3.05, 3.63) is 24.3 Å². The molecule has 0 saturated carbocycles. The molecule has 20 heavy (non-hydrogen) atoms. The van der Waals surface area contributed by atoms with Crippen molar-refractivity contribution in [3.8, 4) is 5.75 Å². The first-order valence-electron chi connectivity index (χ1n) is 6.44. The number of hydrogen-bond donors (Lipinski definition) is 2. The molecule has 0 radical (unpaired) electrons. The van der Waals surface area contributed by atoms with Gasteiger partial charge in [0.05, 0.1) is 13.0 Å². The number of ether oxygens (including phenoxy) is 1. The van der Waals surface area contributed by atoms with E-state index in [1.54, 1.807) is 31.4 Å². The summed E-state index contributed by atoms with van der Waals surface area (Å²) in [6, 6.07) is 6.75. The maximum Gasteiger partial charge on any atom is 0.321 e. The van der Waals surface area contributed by atoms with Gasteiger partial charge in [0.2, 0.25) is 0 Å². The van der Waals surface area contributed by atoms with Crippen LogP contribution in [0, 0.1) is 11.8 Å². The van der Waals surface area contributed by atoms with Crippen LogP contribution >= 0.6 is 0 Å². The second-order valence-electron chi connectivity index (χ2n) is 4.99. The number of carbonyl (C=O) groups excluding carboxylic acids is 1. The van der Waals surface area contributed by atoms with Crippen molar-refractivity contribution in [3.63, 3.8) is 0 Å². The molecule has 1 aromatic rings. The summed E-state index contributed by atoms with van der Waals surface area (Å²) < 4.78 is 5.08. The van der Waals surface area contributed by atoms with Gasteiger partial charge in [0.25, 0.3) is 0 Å². The Morgan fingerprint density at radius 1 is 1.40 bits per heavy atom. The molecular weight excluding hydrogens is 260 g/mol. The Morgan fingerprint density at radius 2 is 2.15 bits per heavy atom. The normalized spacial score (nSPS) is 21.6. The Labute approximate surface area is 117 Å². The molecule has 2 N–H and O–H groups in total. The van der Waals surface area contributed by atoms with Gasteiger partial charge >= 0.3 is 12.0 Å². The van der Waals surface area contributed by atoms with Crippen molar-refractivity contribution < 1.29 is 19.4 Å². The molecule has 1 saturated heterocycles. The highest BCUT2D eigenvalue weighted by molar-refractivity contribution is 5.90. The van der Waals surface area contributed by atoms with E-state index >= 15 is 0 Å². The van der Waals surface area contributed by atoms with Crippen LogP contribution in [0.25, 0.3) is 0 Å².